The molecule has 0 spiro atoms. The maximum atomic E-state index is 13.8. The lowest BCUT2D eigenvalue weighted by molar-refractivity contribution is 0.588. The second kappa shape index (κ2) is 5.51. The zero-order valence-electron chi connectivity index (χ0n) is 11.1. The monoisotopic (exact) mass is 314 g/mol. The lowest BCUT2D eigenvalue weighted by Crippen LogP contribution is -2.28. The number of aryl methyl sites for hydroxylation is 1. The molecule has 0 saturated carbocycles. The Morgan fingerprint density at radius 2 is 2.00 bits per heavy atom. The van der Waals surface area contributed by atoms with Gasteiger partial charge in [0.2, 0.25) is 0 Å². The fourth-order valence-corrected chi connectivity index (χ4v) is 4.80. The summed E-state index contributed by atoms with van der Waals surface area (Å²) in [6.45, 7) is 1.84. The zero-order valence-corrected chi connectivity index (χ0v) is 12.8. The van der Waals surface area contributed by atoms with Gasteiger partial charge in [-0.05, 0) is 30.0 Å². The number of anilines is 1. The number of nitrogens with zero attached hydrogens (tertiary/aromatic N) is 1. The van der Waals surface area contributed by atoms with E-state index in [-0.39, 0.29) is 17.1 Å². The molecule has 0 radical (unpaired) electrons. The summed E-state index contributed by atoms with van der Waals surface area (Å²) in [5.74, 6) is -0.583. The number of para-hydroxylation sites is 1. The van der Waals surface area contributed by atoms with Gasteiger partial charge in [-0.1, -0.05) is 12.1 Å². The van der Waals surface area contributed by atoms with Crippen LogP contribution in [0.3, 0.4) is 0 Å². The van der Waals surface area contributed by atoms with Gasteiger partial charge < -0.3 is 5.73 Å². The summed E-state index contributed by atoms with van der Waals surface area (Å²) in [6, 6.07) is 5.76. The molecule has 7 heteroatoms. The van der Waals surface area contributed by atoms with Crippen LogP contribution in [0.4, 0.5) is 10.1 Å². The van der Waals surface area contributed by atoms with Gasteiger partial charge in [-0.2, -0.15) is 0 Å². The fraction of sp³-hybridized carbons (Fsp3) is 0.231. The van der Waals surface area contributed by atoms with Crippen LogP contribution in [-0.4, -0.2) is 15.5 Å². The first-order chi connectivity index (χ1) is 9.39. The van der Waals surface area contributed by atoms with Crippen molar-refractivity contribution in [3.8, 4) is 0 Å². The second-order valence-corrected chi connectivity index (χ2v) is 7.17. The molecule has 0 aliphatic heterocycles. The maximum absolute atomic E-state index is 13.8. The van der Waals surface area contributed by atoms with Crippen molar-refractivity contribution in [1.29, 1.82) is 0 Å². The Labute approximate surface area is 121 Å². The van der Waals surface area contributed by atoms with Crippen LogP contribution in [0.25, 0.3) is 0 Å². The molecule has 20 heavy (non-hydrogen) atoms. The third kappa shape index (κ3) is 2.44. The minimum atomic E-state index is -3.82. The third-order valence-electron chi connectivity index (χ3n) is 2.98. The molecule has 0 amide bonds. The molecule has 0 unspecified atom stereocenters. The van der Waals surface area contributed by atoms with Crippen LogP contribution in [-0.2, 0) is 16.6 Å². The lowest BCUT2D eigenvalue weighted by Gasteiger charge is -2.20. The van der Waals surface area contributed by atoms with Gasteiger partial charge in [-0.15, -0.1) is 11.3 Å². The minimum absolute atomic E-state index is 0.0149. The van der Waals surface area contributed by atoms with E-state index in [4.69, 9.17) is 5.73 Å². The number of hydrogen-bond acceptors (Lipinski definition) is 4. The molecule has 0 bridgehead atoms. The van der Waals surface area contributed by atoms with Crippen molar-refractivity contribution in [3.63, 3.8) is 0 Å². The highest BCUT2D eigenvalue weighted by atomic mass is 32.2. The van der Waals surface area contributed by atoms with Gasteiger partial charge >= 0.3 is 0 Å². The van der Waals surface area contributed by atoms with Crippen molar-refractivity contribution >= 4 is 27.0 Å². The van der Waals surface area contributed by atoms with E-state index in [0.29, 0.717) is 10.4 Å². The van der Waals surface area contributed by atoms with Crippen LogP contribution in [0.15, 0.2) is 34.5 Å². The maximum Gasteiger partial charge on any atom is 0.265 e. The van der Waals surface area contributed by atoms with E-state index in [1.807, 2.05) is 0 Å². The van der Waals surface area contributed by atoms with E-state index in [9.17, 15) is 12.8 Å². The molecule has 4 nitrogen and oxygen atoms in total. The van der Waals surface area contributed by atoms with Gasteiger partial charge in [0.25, 0.3) is 10.0 Å². The standard InChI is InChI=1S/C13H15FN2O2S2/c1-9-8-19-12(7-15)13(9)20(17,18)16(2)11-6-4-3-5-10(11)14/h3-6,8H,7,15H2,1-2H3. The van der Waals surface area contributed by atoms with Crippen LogP contribution >= 0.6 is 11.3 Å². The molecule has 0 saturated heterocycles. The molecule has 2 aromatic rings. The number of sulfonamides is 1. The largest absolute Gasteiger partial charge is 0.326 e. The quantitative estimate of drug-likeness (QED) is 0.943. The van der Waals surface area contributed by atoms with E-state index in [1.54, 1.807) is 18.4 Å². The Bertz CT molecular complexity index is 726. The van der Waals surface area contributed by atoms with Gasteiger partial charge in [0, 0.05) is 18.5 Å². The molecule has 1 aromatic heterocycles. The molecule has 1 aromatic carbocycles. The Morgan fingerprint density at radius 1 is 1.35 bits per heavy atom. The van der Waals surface area contributed by atoms with E-state index >= 15 is 0 Å². The molecule has 1 heterocycles. The Morgan fingerprint density at radius 3 is 2.60 bits per heavy atom. The lowest BCUT2D eigenvalue weighted by atomic mass is 10.3. The van der Waals surface area contributed by atoms with Crippen LogP contribution in [0, 0.1) is 12.7 Å². The molecule has 108 valence electrons. The van der Waals surface area contributed by atoms with E-state index in [1.165, 1.54) is 36.6 Å². The van der Waals surface area contributed by atoms with Gasteiger partial charge in [0.1, 0.15) is 10.7 Å². The summed E-state index contributed by atoms with van der Waals surface area (Å²) in [5.41, 5.74) is 6.22. The predicted molar refractivity (Wildman–Crippen MR) is 78.9 cm³/mol. The van der Waals surface area contributed by atoms with Crippen molar-refractivity contribution in [2.75, 3.05) is 11.4 Å². The van der Waals surface area contributed by atoms with E-state index in [0.717, 1.165) is 4.31 Å². The van der Waals surface area contributed by atoms with Crippen molar-refractivity contribution in [2.45, 2.75) is 18.4 Å². The van der Waals surface area contributed by atoms with Crippen molar-refractivity contribution in [2.24, 2.45) is 5.73 Å². The normalized spacial score (nSPS) is 11.6. The topological polar surface area (TPSA) is 63.4 Å². The van der Waals surface area contributed by atoms with Crippen LogP contribution in [0.5, 0.6) is 0 Å². The highest BCUT2D eigenvalue weighted by Gasteiger charge is 2.28. The average Bonchev–Trinajstić information content (AvgIpc) is 2.80. The number of thiophene rings is 1. The number of halogens is 1. The summed E-state index contributed by atoms with van der Waals surface area (Å²) >= 11 is 1.30. The number of benzene rings is 1. The van der Waals surface area contributed by atoms with E-state index < -0.39 is 15.8 Å². The molecule has 0 aliphatic rings. The Hall–Kier alpha value is -1.44. The molecule has 0 fully saturated rings. The molecule has 2 N–H and O–H groups in total. The third-order valence-corrected chi connectivity index (χ3v) is 6.24. The van der Waals surface area contributed by atoms with Crippen molar-refractivity contribution in [1.82, 2.24) is 0 Å². The summed E-state index contributed by atoms with van der Waals surface area (Å²) in [7, 11) is -2.48. The van der Waals surface area contributed by atoms with Crippen LogP contribution < -0.4 is 10.0 Å². The molecule has 0 aliphatic carbocycles. The highest BCUT2D eigenvalue weighted by Crippen LogP contribution is 2.31. The predicted octanol–water partition coefficient (Wildman–Crippen LogP) is 2.48. The van der Waals surface area contributed by atoms with Crippen molar-refractivity contribution in [3.05, 3.63) is 45.9 Å². The summed E-state index contributed by atoms with van der Waals surface area (Å²) in [4.78, 5) is 0.751. The molecular weight excluding hydrogens is 299 g/mol. The smallest absolute Gasteiger partial charge is 0.265 e. The van der Waals surface area contributed by atoms with Crippen LogP contribution in [0.1, 0.15) is 10.4 Å². The summed E-state index contributed by atoms with van der Waals surface area (Å²) in [6.07, 6.45) is 0. The Balaban J connectivity index is 2.56. The number of rotatable bonds is 4. The number of nitrogens with two attached hydrogens (primary N) is 1. The Kier molecular flexibility index (Phi) is 4.12. The number of hydrogen-bond donors (Lipinski definition) is 1. The van der Waals surface area contributed by atoms with Crippen LogP contribution in [0.2, 0.25) is 0 Å². The van der Waals surface area contributed by atoms with E-state index in [2.05, 4.69) is 0 Å². The first-order valence-corrected chi connectivity index (χ1v) is 8.22. The van der Waals surface area contributed by atoms with Gasteiger partial charge in [-0.25, -0.2) is 12.8 Å². The van der Waals surface area contributed by atoms with Crippen molar-refractivity contribution < 1.29 is 12.8 Å². The first kappa shape index (κ1) is 15.0. The summed E-state index contributed by atoms with van der Waals surface area (Å²) < 4.78 is 40.0. The minimum Gasteiger partial charge on any atom is -0.326 e. The SMILES string of the molecule is Cc1csc(CN)c1S(=O)(=O)N(C)c1ccccc1F. The van der Waals surface area contributed by atoms with Gasteiger partial charge in [0.05, 0.1) is 5.69 Å². The van der Waals surface area contributed by atoms with Gasteiger partial charge in [0.15, 0.2) is 0 Å². The molecular formula is C13H15FN2O2S2. The average molecular weight is 314 g/mol. The summed E-state index contributed by atoms with van der Waals surface area (Å²) in [5, 5.41) is 1.74. The van der Waals surface area contributed by atoms with Gasteiger partial charge in [-0.3, -0.25) is 4.31 Å². The second-order valence-electron chi connectivity index (χ2n) is 4.30. The zero-order chi connectivity index (χ0) is 14.9. The molecule has 2 rings (SSSR count). The first-order valence-electron chi connectivity index (χ1n) is 5.90. The highest BCUT2D eigenvalue weighted by molar-refractivity contribution is 7.93. The fourth-order valence-electron chi connectivity index (χ4n) is 1.95. The molecule has 0 atom stereocenters.